The molecule has 3 aromatic rings. The molecule has 26 heavy (non-hydrogen) atoms. The minimum Gasteiger partial charge on any atom is -0.402 e. The van der Waals surface area contributed by atoms with Crippen LogP contribution in [-0.2, 0) is 9.53 Å². The Balaban J connectivity index is 1.79. The molecule has 0 saturated heterocycles. The van der Waals surface area contributed by atoms with Gasteiger partial charge in [-0.15, -0.1) is 0 Å². The standard InChI is InChI=1S/C20H13ClN2O3/c1-12(24)23-11-14(16-4-2-3-5-18(16)23)10-17-20(25)26-19(22-17)13-6-8-15(21)9-7-13/h2-11H,1H3/b17-10-. The number of benzene rings is 2. The monoisotopic (exact) mass is 364 g/mol. The van der Waals surface area contributed by atoms with Crippen molar-refractivity contribution in [3.8, 4) is 0 Å². The maximum absolute atomic E-state index is 12.2. The van der Waals surface area contributed by atoms with Crippen LogP contribution in [0.1, 0.15) is 22.8 Å². The molecule has 6 heteroatoms. The average Bonchev–Trinajstić information content (AvgIpc) is 3.18. The summed E-state index contributed by atoms with van der Waals surface area (Å²) in [7, 11) is 0. The SMILES string of the molecule is CC(=O)n1cc(/C=C2\N=C(c3ccc(Cl)cc3)OC2=O)c2ccccc21. The molecule has 2 aromatic carbocycles. The van der Waals surface area contributed by atoms with Gasteiger partial charge >= 0.3 is 5.97 Å². The van der Waals surface area contributed by atoms with E-state index in [0.717, 1.165) is 16.5 Å². The lowest BCUT2D eigenvalue weighted by atomic mass is 10.1. The highest BCUT2D eigenvalue weighted by Gasteiger charge is 2.24. The van der Waals surface area contributed by atoms with Crippen LogP contribution in [0.2, 0.25) is 5.02 Å². The van der Waals surface area contributed by atoms with Crippen LogP contribution in [-0.4, -0.2) is 22.3 Å². The minimum absolute atomic E-state index is 0.106. The number of rotatable bonds is 2. The zero-order chi connectivity index (χ0) is 18.3. The third-order valence-electron chi connectivity index (χ3n) is 4.09. The van der Waals surface area contributed by atoms with Crippen molar-refractivity contribution in [2.75, 3.05) is 0 Å². The number of carbonyl (C=O) groups excluding carboxylic acids is 2. The lowest BCUT2D eigenvalue weighted by Crippen LogP contribution is -2.05. The van der Waals surface area contributed by atoms with Crippen molar-refractivity contribution < 1.29 is 14.3 Å². The van der Waals surface area contributed by atoms with Crippen molar-refractivity contribution in [2.45, 2.75) is 6.92 Å². The molecule has 2 heterocycles. The van der Waals surface area contributed by atoms with Crippen molar-refractivity contribution in [3.05, 3.63) is 76.6 Å². The lowest BCUT2D eigenvalue weighted by molar-refractivity contribution is -0.129. The average molecular weight is 365 g/mol. The number of fused-ring (bicyclic) bond motifs is 1. The van der Waals surface area contributed by atoms with Crippen molar-refractivity contribution in [1.82, 2.24) is 4.57 Å². The number of aromatic nitrogens is 1. The highest BCUT2D eigenvalue weighted by atomic mass is 35.5. The summed E-state index contributed by atoms with van der Waals surface area (Å²) in [6.07, 6.45) is 3.33. The van der Waals surface area contributed by atoms with E-state index in [1.165, 1.54) is 6.92 Å². The highest BCUT2D eigenvalue weighted by molar-refractivity contribution is 6.30. The molecule has 0 amide bonds. The van der Waals surface area contributed by atoms with Crippen LogP contribution in [0.3, 0.4) is 0 Å². The first kappa shape index (κ1) is 16.3. The third kappa shape index (κ3) is 2.82. The number of nitrogens with zero attached hydrogens (tertiary/aromatic N) is 2. The molecule has 128 valence electrons. The Labute approximate surface area is 154 Å². The Bertz CT molecular complexity index is 1110. The number of cyclic esters (lactones) is 1. The van der Waals surface area contributed by atoms with Crippen LogP contribution < -0.4 is 0 Å². The van der Waals surface area contributed by atoms with Gasteiger partial charge in [0.05, 0.1) is 5.52 Å². The van der Waals surface area contributed by atoms with Gasteiger partial charge < -0.3 is 4.74 Å². The number of ether oxygens (including phenoxy) is 1. The van der Waals surface area contributed by atoms with E-state index >= 15 is 0 Å². The second-order valence-electron chi connectivity index (χ2n) is 5.83. The number of halogens is 1. The van der Waals surface area contributed by atoms with Crippen LogP contribution in [0.5, 0.6) is 0 Å². The topological polar surface area (TPSA) is 60.7 Å². The van der Waals surface area contributed by atoms with Gasteiger partial charge in [-0.3, -0.25) is 9.36 Å². The largest absolute Gasteiger partial charge is 0.402 e. The fraction of sp³-hybridized carbons (Fsp3) is 0.0500. The van der Waals surface area contributed by atoms with Crippen molar-refractivity contribution in [2.24, 2.45) is 4.99 Å². The summed E-state index contributed by atoms with van der Waals surface area (Å²) in [5.74, 6) is -0.409. The normalized spacial score (nSPS) is 15.4. The third-order valence-corrected chi connectivity index (χ3v) is 4.34. The molecule has 1 aliphatic heterocycles. The molecule has 4 rings (SSSR count). The van der Waals surface area contributed by atoms with Crippen LogP contribution in [0.4, 0.5) is 0 Å². The second kappa shape index (κ2) is 6.28. The molecule has 0 aliphatic carbocycles. The summed E-state index contributed by atoms with van der Waals surface area (Å²) in [4.78, 5) is 28.3. The first-order chi connectivity index (χ1) is 12.5. The Morgan fingerprint density at radius 3 is 2.62 bits per heavy atom. The fourth-order valence-electron chi connectivity index (χ4n) is 2.85. The molecule has 0 saturated carbocycles. The molecule has 0 bridgehead atoms. The molecule has 5 nitrogen and oxygen atoms in total. The molecule has 0 spiro atoms. The first-order valence-electron chi connectivity index (χ1n) is 7.92. The van der Waals surface area contributed by atoms with Crippen molar-refractivity contribution in [1.29, 1.82) is 0 Å². The van der Waals surface area contributed by atoms with Gasteiger partial charge in [-0.25, -0.2) is 9.79 Å². The number of hydrogen-bond donors (Lipinski definition) is 0. The summed E-state index contributed by atoms with van der Waals surface area (Å²) >= 11 is 5.88. The molecule has 0 unspecified atom stereocenters. The Morgan fingerprint density at radius 1 is 1.15 bits per heavy atom. The maximum atomic E-state index is 12.2. The predicted molar refractivity (Wildman–Crippen MR) is 100 cm³/mol. The summed E-state index contributed by atoms with van der Waals surface area (Å²) in [6.45, 7) is 1.49. The van der Waals surface area contributed by atoms with E-state index in [1.54, 1.807) is 41.1 Å². The molecular formula is C20H13ClN2O3. The smallest absolute Gasteiger partial charge is 0.363 e. The van der Waals surface area contributed by atoms with Crippen LogP contribution in [0.25, 0.3) is 17.0 Å². The zero-order valence-corrected chi connectivity index (χ0v) is 14.5. The van der Waals surface area contributed by atoms with Gasteiger partial charge in [0.25, 0.3) is 0 Å². The van der Waals surface area contributed by atoms with E-state index in [2.05, 4.69) is 4.99 Å². The molecule has 0 fully saturated rings. The van der Waals surface area contributed by atoms with Gasteiger partial charge in [0, 0.05) is 34.7 Å². The summed E-state index contributed by atoms with van der Waals surface area (Å²) < 4.78 is 6.81. The molecule has 0 N–H and O–H groups in total. The highest BCUT2D eigenvalue weighted by Crippen LogP contribution is 2.26. The van der Waals surface area contributed by atoms with Gasteiger partial charge in [0.2, 0.25) is 11.8 Å². The van der Waals surface area contributed by atoms with E-state index in [9.17, 15) is 9.59 Å². The summed E-state index contributed by atoms with van der Waals surface area (Å²) in [5, 5.41) is 1.45. The second-order valence-corrected chi connectivity index (χ2v) is 6.27. The van der Waals surface area contributed by atoms with Gasteiger partial charge in [-0.2, -0.15) is 0 Å². The number of carbonyl (C=O) groups is 2. The summed E-state index contributed by atoms with van der Waals surface area (Å²) in [5.41, 5.74) is 2.35. The molecule has 0 radical (unpaired) electrons. The van der Waals surface area contributed by atoms with E-state index < -0.39 is 5.97 Å². The van der Waals surface area contributed by atoms with Gasteiger partial charge in [0.15, 0.2) is 5.70 Å². The molecule has 1 aliphatic rings. The molecule has 1 aromatic heterocycles. The Morgan fingerprint density at radius 2 is 1.88 bits per heavy atom. The molecular weight excluding hydrogens is 352 g/mol. The van der Waals surface area contributed by atoms with Gasteiger partial charge in [-0.1, -0.05) is 29.8 Å². The molecule has 0 atom stereocenters. The van der Waals surface area contributed by atoms with E-state index in [1.807, 2.05) is 24.3 Å². The summed E-state index contributed by atoms with van der Waals surface area (Å²) in [6, 6.07) is 14.4. The van der Waals surface area contributed by atoms with Crippen LogP contribution >= 0.6 is 11.6 Å². The predicted octanol–water partition coefficient (Wildman–Crippen LogP) is 4.30. The van der Waals surface area contributed by atoms with E-state index in [0.29, 0.717) is 10.6 Å². The number of hydrogen-bond acceptors (Lipinski definition) is 4. The number of aliphatic imine (C=N–C) groups is 1. The van der Waals surface area contributed by atoms with Gasteiger partial charge in [0.1, 0.15) is 0 Å². The minimum atomic E-state index is -0.533. The quantitative estimate of drug-likeness (QED) is 0.503. The van der Waals surface area contributed by atoms with E-state index in [-0.39, 0.29) is 17.5 Å². The van der Waals surface area contributed by atoms with Crippen molar-refractivity contribution in [3.63, 3.8) is 0 Å². The lowest BCUT2D eigenvalue weighted by Gasteiger charge is -1.98. The number of para-hydroxylation sites is 1. The first-order valence-corrected chi connectivity index (χ1v) is 8.30. The van der Waals surface area contributed by atoms with Crippen LogP contribution in [0, 0.1) is 0 Å². The van der Waals surface area contributed by atoms with E-state index in [4.69, 9.17) is 16.3 Å². The Hall–Kier alpha value is -3.18. The van der Waals surface area contributed by atoms with Crippen molar-refractivity contribution >= 4 is 46.4 Å². The fourth-order valence-corrected chi connectivity index (χ4v) is 2.98. The van der Waals surface area contributed by atoms with Gasteiger partial charge in [-0.05, 0) is 36.4 Å². The van der Waals surface area contributed by atoms with Crippen LogP contribution in [0.15, 0.2) is 65.4 Å². The number of esters is 1. The zero-order valence-electron chi connectivity index (χ0n) is 13.8. The maximum Gasteiger partial charge on any atom is 0.363 e. The Kier molecular flexibility index (Phi) is 3.93.